The Kier molecular flexibility index (Phi) is 5.63. The van der Waals surface area contributed by atoms with Crippen LogP contribution in [-0.2, 0) is 9.53 Å². The number of rotatable bonds is 5. The Labute approximate surface area is 131 Å². The number of hydrogen-bond donors (Lipinski definition) is 2. The lowest BCUT2D eigenvalue weighted by atomic mass is 9.85. The molecule has 1 saturated heterocycles. The predicted molar refractivity (Wildman–Crippen MR) is 81.8 cm³/mol. The molecular weight excluding hydrogens is 286 g/mol. The number of carboxylic acids is 1. The summed E-state index contributed by atoms with van der Waals surface area (Å²) in [6.07, 6.45) is 1.70. The van der Waals surface area contributed by atoms with Gasteiger partial charge in [-0.2, -0.15) is 0 Å². The van der Waals surface area contributed by atoms with E-state index in [1.165, 1.54) is 0 Å². The summed E-state index contributed by atoms with van der Waals surface area (Å²) < 4.78 is 5.53. The first-order valence-electron chi connectivity index (χ1n) is 8.07. The van der Waals surface area contributed by atoms with Gasteiger partial charge in [0.25, 0.3) is 0 Å². The number of nitrogens with one attached hydrogen (secondary N) is 1. The average molecular weight is 313 g/mol. The number of hydrogen-bond acceptors (Lipinski definition) is 4. The monoisotopic (exact) mass is 313 g/mol. The molecule has 2 unspecified atom stereocenters. The molecule has 2 rings (SSSR count). The van der Waals surface area contributed by atoms with Gasteiger partial charge in [-0.25, -0.2) is 4.79 Å². The first-order valence-corrected chi connectivity index (χ1v) is 8.07. The molecule has 2 aliphatic rings. The van der Waals surface area contributed by atoms with Crippen molar-refractivity contribution in [1.29, 1.82) is 0 Å². The van der Waals surface area contributed by atoms with Crippen LogP contribution in [0.3, 0.4) is 0 Å². The summed E-state index contributed by atoms with van der Waals surface area (Å²) in [4.78, 5) is 26.9. The lowest BCUT2D eigenvalue weighted by Gasteiger charge is -2.44. The van der Waals surface area contributed by atoms with Gasteiger partial charge in [-0.15, -0.1) is 0 Å². The largest absolute Gasteiger partial charge is 0.480 e. The smallest absolute Gasteiger partial charge is 0.318 e. The van der Waals surface area contributed by atoms with Crippen molar-refractivity contribution >= 4 is 12.0 Å². The van der Waals surface area contributed by atoms with E-state index in [0.29, 0.717) is 13.2 Å². The second kappa shape index (κ2) is 7.28. The summed E-state index contributed by atoms with van der Waals surface area (Å²) in [6.45, 7) is 7.93. The molecule has 0 spiro atoms. The number of aliphatic carboxylic acids is 1. The van der Waals surface area contributed by atoms with Gasteiger partial charge in [0.15, 0.2) is 0 Å². The Bertz CT molecular complexity index is 412. The van der Waals surface area contributed by atoms with Gasteiger partial charge in [0.2, 0.25) is 0 Å². The number of carbonyl (C=O) groups excluding carboxylic acids is 1. The third-order valence-electron chi connectivity index (χ3n) is 4.85. The van der Waals surface area contributed by atoms with E-state index in [2.05, 4.69) is 5.32 Å². The molecule has 22 heavy (non-hydrogen) atoms. The number of urea groups is 1. The van der Waals surface area contributed by atoms with Gasteiger partial charge in [0.05, 0.1) is 25.3 Å². The number of morpholine rings is 1. The zero-order valence-corrected chi connectivity index (χ0v) is 13.6. The third-order valence-corrected chi connectivity index (χ3v) is 4.85. The van der Waals surface area contributed by atoms with E-state index >= 15 is 0 Å². The van der Waals surface area contributed by atoms with Crippen molar-refractivity contribution in [2.75, 3.05) is 26.2 Å². The van der Waals surface area contributed by atoms with Crippen LogP contribution in [0.2, 0.25) is 0 Å². The minimum atomic E-state index is -0.800. The highest BCUT2D eigenvalue weighted by molar-refractivity contribution is 5.75. The number of ether oxygens (including phenoxy) is 1. The van der Waals surface area contributed by atoms with E-state index in [1.54, 1.807) is 0 Å². The van der Waals surface area contributed by atoms with E-state index in [9.17, 15) is 9.59 Å². The fourth-order valence-electron chi connectivity index (χ4n) is 3.15. The van der Waals surface area contributed by atoms with Crippen LogP contribution >= 0.6 is 0 Å². The summed E-state index contributed by atoms with van der Waals surface area (Å²) in [7, 11) is 0. The summed E-state index contributed by atoms with van der Waals surface area (Å²) in [5, 5.41) is 11.9. The zero-order valence-electron chi connectivity index (χ0n) is 13.6. The summed E-state index contributed by atoms with van der Waals surface area (Å²) in [6, 6.07) is 0.439. The molecule has 2 N–H and O–H groups in total. The fraction of sp³-hybridized carbons (Fsp3) is 0.867. The highest BCUT2D eigenvalue weighted by Crippen LogP contribution is 2.26. The van der Waals surface area contributed by atoms with E-state index in [1.807, 2.05) is 30.6 Å². The van der Waals surface area contributed by atoms with Crippen LogP contribution in [0.1, 0.15) is 33.6 Å². The van der Waals surface area contributed by atoms with Crippen LogP contribution in [0.25, 0.3) is 0 Å². The van der Waals surface area contributed by atoms with Gasteiger partial charge in [-0.1, -0.05) is 6.92 Å². The Morgan fingerprint density at radius 3 is 2.64 bits per heavy atom. The fourth-order valence-corrected chi connectivity index (χ4v) is 3.15. The normalized spacial score (nSPS) is 31.7. The first-order chi connectivity index (χ1) is 10.4. The van der Waals surface area contributed by atoms with Crippen LogP contribution in [0.5, 0.6) is 0 Å². The maximum atomic E-state index is 12.3. The van der Waals surface area contributed by atoms with E-state index in [-0.39, 0.29) is 36.8 Å². The Hall–Kier alpha value is -1.34. The first kappa shape index (κ1) is 17.0. The molecule has 0 radical (unpaired) electrons. The van der Waals surface area contributed by atoms with Crippen LogP contribution in [-0.4, -0.2) is 77.4 Å². The Morgan fingerprint density at radius 1 is 1.36 bits per heavy atom. The van der Waals surface area contributed by atoms with Gasteiger partial charge in [-0.05, 0) is 33.2 Å². The van der Waals surface area contributed by atoms with Crippen molar-refractivity contribution in [3.8, 4) is 0 Å². The van der Waals surface area contributed by atoms with Crippen molar-refractivity contribution < 1.29 is 19.4 Å². The van der Waals surface area contributed by atoms with Crippen molar-refractivity contribution in [3.63, 3.8) is 0 Å². The Balaban J connectivity index is 1.77. The van der Waals surface area contributed by atoms with Crippen LogP contribution in [0, 0.1) is 0 Å². The lowest BCUT2D eigenvalue weighted by Crippen LogP contribution is -2.60. The summed E-state index contributed by atoms with van der Waals surface area (Å²) >= 11 is 0. The van der Waals surface area contributed by atoms with Gasteiger partial charge in [-0.3, -0.25) is 9.69 Å². The van der Waals surface area contributed by atoms with Gasteiger partial charge in [0.1, 0.15) is 0 Å². The molecule has 0 bridgehead atoms. The molecule has 126 valence electrons. The number of nitrogens with zero attached hydrogens (tertiary/aromatic N) is 2. The highest BCUT2D eigenvalue weighted by Gasteiger charge is 2.37. The Morgan fingerprint density at radius 2 is 2.05 bits per heavy atom. The van der Waals surface area contributed by atoms with Crippen molar-refractivity contribution in [1.82, 2.24) is 15.1 Å². The minimum Gasteiger partial charge on any atom is -0.480 e. The molecule has 2 fully saturated rings. The molecule has 1 aliphatic heterocycles. The number of carboxylic acid groups (broad SMARTS) is 1. The molecule has 7 nitrogen and oxygen atoms in total. The second-order valence-electron chi connectivity index (χ2n) is 6.24. The van der Waals surface area contributed by atoms with Gasteiger partial charge < -0.3 is 20.1 Å². The summed E-state index contributed by atoms with van der Waals surface area (Å²) in [5.74, 6) is -0.800. The third kappa shape index (κ3) is 3.89. The number of likely N-dealkylation sites (N-methyl/N-ethyl adjacent to an activating group) is 1. The van der Waals surface area contributed by atoms with Crippen LogP contribution < -0.4 is 5.32 Å². The molecule has 2 amide bonds. The predicted octanol–water partition coefficient (Wildman–Crippen LogP) is 0.743. The van der Waals surface area contributed by atoms with E-state index < -0.39 is 5.97 Å². The molecular formula is C15H27N3O4. The highest BCUT2D eigenvalue weighted by atomic mass is 16.5. The maximum Gasteiger partial charge on any atom is 0.318 e. The van der Waals surface area contributed by atoms with Crippen LogP contribution in [0.4, 0.5) is 4.79 Å². The molecule has 0 aromatic carbocycles. The van der Waals surface area contributed by atoms with Crippen molar-refractivity contribution in [3.05, 3.63) is 0 Å². The summed E-state index contributed by atoms with van der Waals surface area (Å²) in [5.41, 5.74) is 0. The van der Waals surface area contributed by atoms with Gasteiger partial charge >= 0.3 is 12.0 Å². The number of carbonyl (C=O) groups is 2. The molecule has 7 heteroatoms. The second-order valence-corrected chi connectivity index (χ2v) is 6.24. The minimum absolute atomic E-state index is 0.0348. The van der Waals surface area contributed by atoms with Crippen molar-refractivity contribution in [2.24, 2.45) is 0 Å². The molecule has 0 aromatic heterocycles. The quantitative estimate of drug-likeness (QED) is 0.782. The lowest BCUT2D eigenvalue weighted by molar-refractivity contribution is -0.139. The standard InChI is InChI=1S/C15H27N3O4/c1-4-17(9-14(19)20)13-7-12(8-13)16-15(21)18-5-6-22-11(3)10(18)2/h10-13H,4-9H2,1-3H3,(H,16,21)(H,19,20). The van der Waals surface area contributed by atoms with E-state index in [0.717, 1.165) is 19.4 Å². The van der Waals surface area contributed by atoms with Crippen LogP contribution in [0.15, 0.2) is 0 Å². The van der Waals surface area contributed by atoms with E-state index in [4.69, 9.17) is 9.84 Å². The molecule has 1 aliphatic carbocycles. The molecule has 0 aromatic rings. The van der Waals surface area contributed by atoms with Crippen molar-refractivity contribution in [2.45, 2.75) is 57.8 Å². The SMILES string of the molecule is CCN(CC(=O)O)C1CC(NC(=O)N2CCOC(C)C2C)C1. The zero-order chi connectivity index (χ0) is 16.3. The molecule has 1 saturated carbocycles. The average Bonchev–Trinajstić information content (AvgIpc) is 2.42. The topological polar surface area (TPSA) is 82.1 Å². The molecule has 2 atom stereocenters. The maximum absolute atomic E-state index is 12.3. The molecule has 1 heterocycles. The van der Waals surface area contributed by atoms with Gasteiger partial charge in [0, 0.05) is 18.6 Å². The number of amides is 2.